The maximum absolute atomic E-state index is 13.3. The zero-order valence-corrected chi connectivity index (χ0v) is 10.0. The maximum atomic E-state index is 13.3. The lowest BCUT2D eigenvalue weighted by atomic mass is 10.2. The van der Waals surface area contributed by atoms with Gasteiger partial charge in [-0.15, -0.1) is 11.6 Å². The number of aryl methyl sites for hydroxylation is 1. The Hall–Kier alpha value is -1.61. The van der Waals surface area contributed by atoms with Crippen molar-refractivity contribution in [1.29, 1.82) is 0 Å². The van der Waals surface area contributed by atoms with Crippen LogP contribution in [0.2, 0.25) is 0 Å². The van der Waals surface area contributed by atoms with Crippen molar-refractivity contribution in [3.8, 4) is 11.6 Å². The molecule has 0 fully saturated rings. The highest BCUT2D eigenvalue weighted by Gasteiger charge is 2.06. The number of rotatable bonds is 3. The van der Waals surface area contributed by atoms with Crippen LogP contribution in [0.4, 0.5) is 4.39 Å². The number of pyridine rings is 1. The molecule has 2 rings (SSSR count). The molecule has 0 saturated carbocycles. The molecular weight excluding hydrogens is 241 g/mol. The second-order valence-electron chi connectivity index (χ2n) is 3.61. The molecular formula is C13H11ClFNO. The van der Waals surface area contributed by atoms with Gasteiger partial charge in [0.1, 0.15) is 11.6 Å². The highest BCUT2D eigenvalue weighted by Crippen LogP contribution is 2.25. The fraction of sp³-hybridized carbons (Fsp3) is 0.154. The highest BCUT2D eigenvalue weighted by atomic mass is 35.5. The number of ether oxygens (including phenoxy) is 1. The van der Waals surface area contributed by atoms with Crippen LogP contribution < -0.4 is 4.74 Å². The first-order valence-corrected chi connectivity index (χ1v) is 5.68. The van der Waals surface area contributed by atoms with E-state index in [1.54, 1.807) is 31.3 Å². The number of benzene rings is 1. The summed E-state index contributed by atoms with van der Waals surface area (Å²) in [6, 6.07) is 8.29. The van der Waals surface area contributed by atoms with Gasteiger partial charge in [-0.25, -0.2) is 9.37 Å². The number of alkyl halides is 1. The SMILES string of the molecule is Cc1ccc(Oc2ncccc2CCl)cc1F. The van der Waals surface area contributed by atoms with E-state index in [4.69, 9.17) is 16.3 Å². The summed E-state index contributed by atoms with van der Waals surface area (Å²) in [7, 11) is 0. The standard InChI is InChI=1S/C13H11ClFNO/c1-9-4-5-11(7-12(9)15)17-13-10(8-14)3-2-6-16-13/h2-7H,8H2,1H3. The molecule has 1 aromatic heterocycles. The van der Waals surface area contributed by atoms with Crippen LogP contribution in [-0.2, 0) is 5.88 Å². The predicted octanol–water partition coefficient (Wildman–Crippen LogP) is 4.06. The van der Waals surface area contributed by atoms with E-state index in [1.807, 2.05) is 6.07 Å². The Labute approximate surface area is 104 Å². The van der Waals surface area contributed by atoms with Crippen LogP contribution in [0.5, 0.6) is 11.6 Å². The van der Waals surface area contributed by atoms with Crippen molar-refractivity contribution in [2.45, 2.75) is 12.8 Å². The smallest absolute Gasteiger partial charge is 0.223 e. The maximum Gasteiger partial charge on any atom is 0.223 e. The number of aromatic nitrogens is 1. The van der Waals surface area contributed by atoms with Gasteiger partial charge in [0.2, 0.25) is 5.88 Å². The molecule has 2 aromatic rings. The van der Waals surface area contributed by atoms with E-state index < -0.39 is 0 Å². The lowest BCUT2D eigenvalue weighted by Gasteiger charge is -2.08. The summed E-state index contributed by atoms with van der Waals surface area (Å²) in [5.41, 5.74) is 1.35. The van der Waals surface area contributed by atoms with Gasteiger partial charge in [0.05, 0.1) is 5.88 Å². The highest BCUT2D eigenvalue weighted by molar-refractivity contribution is 6.17. The first kappa shape index (κ1) is 11.9. The summed E-state index contributed by atoms with van der Waals surface area (Å²) in [5.74, 6) is 0.826. The van der Waals surface area contributed by atoms with Gasteiger partial charge in [-0.3, -0.25) is 0 Å². The summed E-state index contributed by atoms with van der Waals surface area (Å²) < 4.78 is 18.8. The quantitative estimate of drug-likeness (QED) is 0.768. The van der Waals surface area contributed by atoms with Crippen LogP contribution in [-0.4, -0.2) is 4.98 Å². The molecule has 0 spiro atoms. The molecule has 0 radical (unpaired) electrons. The molecule has 88 valence electrons. The minimum Gasteiger partial charge on any atom is -0.439 e. The van der Waals surface area contributed by atoms with Gasteiger partial charge < -0.3 is 4.74 Å². The molecule has 0 N–H and O–H groups in total. The van der Waals surface area contributed by atoms with E-state index in [-0.39, 0.29) is 5.82 Å². The molecule has 17 heavy (non-hydrogen) atoms. The Morgan fingerprint density at radius 2 is 2.18 bits per heavy atom. The van der Waals surface area contributed by atoms with Crippen LogP contribution in [0.25, 0.3) is 0 Å². The normalized spacial score (nSPS) is 10.3. The molecule has 0 atom stereocenters. The summed E-state index contributed by atoms with van der Waals surface area (Å²) in [6.45, 7) is 1.70. The lowest BCUT2D eigenvalue weighted by molar-refractivity contribution is 0.453. The van der Waals surface area contributed by atoms with Crippen molar-refractivity contribution in [2.75, 3.05) is 0 Å². The fourth-order valence-electron chi connectivity index (χ4n) is 1.37. The lowest BCUT2D eigenvalue weighted by Crippen LogP contribution is -1.93. The molecule has 0 aliphatic heterocycles. The van der Waals surface area contributed by atoms with Crippen molar-refractivity contribution in [2.24, 2.45) is 0 Å². The first-order chi connectivity index (χ1) is 8.20. The molecule has 0 unspecified atom stereocenters. The molecule has 0 aliphatic rings. The van der Waals surface area contributed by atoms with E-state index >= 15 is 0 Å². The monoisotopic (exact) mass is 251 g/mol. The fourth-order valence-corrected chi connectivity index (χ4v) is 1.57. The molecule has 0 bridgehead atoms. The van der Waals surface area contributed by atoms with Crippen molar-refractivity contribution in [3.05, 3.63) is 53.5 Å². The van der Waals surface area contributed by atoms with Gasteiger partial charge in [-0.2, -0.15) is 0 Å². The first-order valence-electron chi connectivity index (χ1n) is 5.14. The van der Waals surface area contributed by atoms with E-state index in [0.29, 0.717) is 23.1 Å². The molecule has 4 heteroatoms. The van der Waals surface area contributed by atoms with Gasteiger partial charge in [0.15, 0.2) is 0 Å². The Balaban J connectivity index is 2.28. The van der Waals surface area contributed by atoms with Crippen molar-refractivity contribution in [1.82, 2.24) is 4.98 Å². The summed E-state index contributed by atoms with van der Waals surface area (Å²) in [5, 5.41) is 0. The molecule has 0 aliphatic carbocycles. The molecule has 1 aromatic carbocycles. The van der Waals surface area contributed by atoms with Gasteiger partial charge in [0.25, 0.3) is 0 Å². The van der Waals surface area contributed by atoms with Crippen LogP contribution in [0.1, 0.15) is 11.1 Å². The van der Waals surface area contributed by atoms with Gasteiger partial charge in [0, 0.05) is 17.8 Å². The van der Waals surface area contributed by atoms with Crippen LogP contribution in [0.15, 0.2) is 36.5 Å². The minimum absolute atomic E-state index is 0.300. The molecule has 0 amide bonds. The molecule has 0 saturated heterocycles. The Kier molecular flexibility index (Phi) is 3.59. The summed E-state index contributed by atoms with van der Waals surface area (Å²) in [6.07, 6.45) is 1.61. The third kappa shape index (κ3) is 2.74. The third-order valence-corrected chi connectivity index (χ3v) is 2.64. The zero-order chi connectivity index (χ0) is 12.3. The molecule has 2 nitrogen and oxygen atoms in total. The summed E-state index contributed by atoms with van der Waals surface area (Å²) in [4.78, 5) is 4.07. The molecule has 1 heterocycles. The van der Waals surface area contributed by atoms with Crippen molar-refractivity contribution < 1.29 is 9.13 Å². The second kappa shape index (κ2) is 5.15. The van der Waals surface area contributed by atoms with Crippen LogP contribution in [0, 0.1) is 12.7 Å². The van der Waals surface area contributed by atoms with Crippen LogP contribution in [0.3, 0.4) is 0 Å². The zero-order valence-electron chi connectivity index (χ0n) is 9.28. The number of hydrogen-bond acceptors (Lipinski definition) is 2. The number of hydrogen-bond donors (Lipinski definition) is 0. The Bertz CT molecular complexity index is 531. The van der Waals surface area contributed by atoms with Gasteiger partial charge in [-0.1, -0.05) is 12.1 Å². The summed E-state index contributed by atoms with van der Waals surface area (Å²) >= 11 is 5.76. The minimum atomic E-state index is -0.300. The van der Waals surface area contributed by atoms with Crippen LogP contribution >= 0.6 is 11.6 Å². The van der Waals surface area contributed by atoms with Crippen molar-refractivity contribution in [3.63, 3.8) is 0 Å². The van der Waals surface area contributed by atoms with Crippen molar-refractivity contribution >= 4 is 11.6 Å². The van der Waals surface area contributed by atoms with Gasteiger partial charge in [-0.05, 0) is 24.6 Å². The van der Waals surface area contributed by atoms with E-state index in [1.165, 1.54) is 6.07 Å². The van der Waals surface area contributed by atoms with E-state index in [0.717, 1.165) is 5.56 Å². The number of halogens is 2. The van der Waals surface area contributed by atoms with E-state index in [2.05, 4.69) is 4.98 Å². The third-order valence-electron chi connectivity index (χ3n) is 2.35. The average Bonchev–Trinajstić information content (AvgIpc) is 2.34. The number of nitrogens with zero attached hydrogens (tertiary/aromatic N) is 1. The Morgan fingerprint density at radius 1 is 1.35 bits per heavy atom. The Morgan fingerprint density at radius 3 is 2.88 bits per heavy atom. The van der Waals surface area contributed by atoms with Gasteiger partial charge >= 0.3 is 0 Å². The topological polar surface area (TPSA) is 22.1 Å². The average molecular weight is 252 g/mol. The van der Waals surface area contributed by atoms with E-state index in [9.17, 15) is 4.39 Å². The second-order valence-corrected chi connectivity index (χ2v) is 3.88. The predicted molar refractivity (Wildman–Crippen MR) is 65.0 cm³/mol. The largest absolute Gasteiger partial charge is 0.439 e.